The van der Waals surface area contributed by atoms with E-state index in [1.165, 1.54) is 0 Å². The molecule has 0 bridgehead atoms. The maximum absolute atomic E-state index is 13.5. The van der Waals surface area contributed by atoms with Gasteiger partial charge in [0.1, 0.15) is 22.6 Å². The quantitative estimate of drug-likeness (QED) is 0.391. The topological polar surface area (TPSA) is 91.4 Å². The Balaban J connectivity index is 1.51. The van der Waals surface area contributed by atoms with Crippen LogP contribution in [0.5, 0.6) is 0 Å². The molecule has 1 aliphatic heterocycles. The smallest absolute Gasteiger partial charge is 0.266 e. The van der Waals surface area contributed by atoms with Crippen LogP contribution in [0, 0.1) is 11.6 Å². The fourth-order valence-corrected chi connectivity index (χ4v) is 5.40. The van der Waals surface area contributed by atoms with Gasteiger partial charge < -0.3 is 15.5 Å². The van der Waals surface area contributed by atoms with Crippen LogP contribution >= 0.6 is 11.3 Å². The highest BCUT2D eigenvalue weighted by atomic mass is 32.1. The molecule has 1 saturated heterocycles. The molecule has 1 unspecified atom stereocenters. The first-order valence-corrected chi connectivity index (χ1v) is 13.6. The van der Waals surface area contributed by atoms with Crippen molar-refractivity contribution in [3.05, 3.63) is 70.6 Å². The number of thiazole rings is 1. The lowest BCUT2D eigenvalue weighted by Crippen LogP contribution is -2.44. The average molecular weight is 541 g/mol. The van der Waals surface area contributed by atoms with Crippen molar-refractivity contribution in [1.82, 2.24) is 15.2 Å². The van der Waals surface area contributed by atoms with Crippen LogP contribution in [0.1, 0.15) is 54.3 Å². The Bertz CT molecular complexity index is 1270. The van der Waals surface area contributed by atoms with Crippen molar-refractivity contribution in [3.8, 4) is 11.3 Å². The summed E-state index contributed by atoms with van der Waals surface area (Å²) in [5, 5.41) is 5.69. The Morgan fingerprint density at radius 1 is 1.03 bits per heavy atom. The van der Waals surface area contributed by atoms with Crippen molar-refractivity contribution in [2.24, 2.45) is 0 Å². The minimum absolute atomic E-state index is 0.109. The lowest BCUT2D eigenvalue weighted by atomic mass is 10.1. The molecule has 4 rings (SSSR count). The number of benzene rings is 2. The number of aromatic nitrogens is 1. The van der Waals surface area contributed by atoms with E-state index < -0.39 is 29.5 Å². The number of hydrogen-bond acceptors (Lipinski definition) is 5. The molecule has 1 fully saturated rings. The van der Waals surface area contributed by atoms with Crippen molar-refractivity contribution in [1.29, 1.82) is 0 Å². The van der Waals surface area contributed by atoms with E-state index in [-0.39, 0.29) is 23.0 Å². The van der Waals surface area contributed by atoms with Crippen LogP contribution in [0.15, 0.2) is 48.5 Å². The van der Waals surface area contributed by atoms with E-state index in [0.717, 1.165) is 54.4 Å². The van der Waals surface area contributed by atoms with Gasteiger partial charge in [-0.1, -0.05) is 55.0 Å². The van der Waals surface area contributed by atoms with Gasteiger partial charge in [-0.2, -0.15) is 0 Å². The van der Waals surface area contributed by atoms with Gasteiger partial charge in [-0.25, -0.2) is 13.8 Å². The highest BCUT2D eigenvalue weighted by molar-refractivity contribution is 7.18. The lowest BCUT2D eigenvalue weighted by molar-refractivity contribution is -0.126. The second-order valence-corrected chi connectivity index (χ2v) is 10.3. The number of nitrogens with zero attached hydrogens (tertiary/aromatic N) is 2. The van der Waals surface area contributed by atoms with Crippen molar-refractivity contribution >= 4 is 34.2 Å². The molecule has 0 saturated carbocycles. The minimum atomic E-state index is -0.878. The monoisotopic (exact) mass is 540 g/mol. The Morgan fingerprint density at radius 2 is 1.71 bits per heavy atom. The second-order valence-electron chi connectivity index (χ2n) is 9.27. The van der Waals surface area contributed by atoms with Crippen LogP contribution in [0.2, 0.25) is 0 Å². The summed E-state index contributed by atoms with van der Waals surface area (Å²) in [4.78, 5) is 46.0. The predicted octanol–water partition coefficient (Wildman–Crippen LogP) is 5.18. The molecule has 2 N–H and O–H groups in total. The summed E-state index contributed by atoms with van der Waals surface area (Å²) in [5.74, 6) is -2.67. The van der Waals surface area contributed by atoms with E-state index in [0.29, 0.717) is 36.5 Å². The third-order valence-corrected chi connectivity index (χ3v) is 7.22. The molecule has 200 valence electrons. The van der Waals surface area contributed by atoms with E-state index >= 15 is 0 Å². The standard InChI is InChI=1S/C28H30F2N4O3S/c1-2-9-22(31-23(35)16-18-14-20(29)17-21(30)15-18)26(36)33-28-32-24(19-10-5-3-6-11-19)25(38-28)27(37)34-12-7-4-8-13-34/h3,5-6,10-11,14-15,17,22H,2,4,7-9,12-13,16H2,1H3,(H,31,35)(H,32,33,36). The van der Waals surface area contributed by atoms with Crippen LogP contribution in [-0.4, -0.2) is 46.7 Å². The average Bonchev–Trinajstić information content (AvgIpc) is 3.32. The Hall–Kier alpha value is -3.66. The highest BCUT2D eigenvalue weighted by Crippen LogP contribution is 2.33. The summed E-state index contributed by atoms with van der Waals surface area (Å²) < 4.78 is 27.0. The summed E-state index contributed by atoms with van der Waals surface area (Å²) in [5.41, 5.74) is 1.44. The number of rotatable bonds is 9. The molecule has 0 aliphatic carbocycles. The first-order valence-electron chi connectivity index (χ1n) is 12.7. The predicted molar refractivity (Wildman–Crippen MR) is 143 cm³/mol. The lowest BCUT2D eigenvalue weighted by Gasteiger charge is -2.26. The number of likely N-dealkylation sites (tertiary alicyclic amines) is 1. The number of anilines is 1. The molecule has 1 atom stereocenters. The van der Waals surface area contributed by atoms with Crippen LogP contribution in [0.25, 0.3) is 11.3 Å². The van der Waals surface area contributed by atoms with Gasteiger partial charge in [0.15, 0.2) is 5.13 Å². The zero-order chi connectivity index (χ0) is 27.1. The van der Waals surface area contributed by atoms with Gasteiger partial charge in [-0.15, -0.1) is 0 Å². The second kappa shape index (κ2) is 12.7. The number of carbonyl (C=O) groups is 3. The van der Waals surface area contributed by atoms with Gasteiger partial charge in [0.25, 0.3) is 5.91 Å². The van der Waals surface area contributed by atoms with Crippen molar-refractivity contribution in [2.45, 2.75) is 51.5 Å². The molecule has 3 aromatic rings. The Morgan fingerprint density at radius 3 is 2.37 bits per heavy atom. The molecule has 3 amide bonds. The van der Waals surface area contributed by atoms with Crippen LogP contribution in [-0.2, 0) is 16.0 Å². The summed E-state index contributed by atoms with van der Waals surface area (Å²) in [6.07, 6.45) is 3.69. The van der Waals surface area contributed by atoms with E-state index in [9.17, 15) is 23.2 Å². The first-order chi connectivity index (χ1) is 18.3. The van der Waals surface area contributed by atoms with Crippen LogP contribution in [0.4, 0.5) is 13.9 Å². The number of amides is 3. The minimum Gasteiger partial charge on any atom is -0.344 e. The maximum atomic E-state index is 13.5. The first kappa shape index (κ1) is 27.4. The fourth-order valence-electron chi connectivity index (χ4n) is 4.44. The molecular formula is C28H30F2N4O3S. The van der Waals surface area contributed by atoms with Gasteiger partial charge in [0, 0.05) is 24.7 Å². The molecule has 2 aromatic carbocycles. The molecule has 1 aliphatic rings. The molecule has 0 spiro atoms. The third-order valence-electron chi connectivity index (χ3n) is 6.26. The highest BCUT2D eigenvalue weighted by Gasteiger charge is 2.27. The Kier molecular flexibility index (Phi) is 9.17. The number of nitrogens with one attached hydrogen (secondary N) is 2. The van der Waals surface area contributed by atoms with Gasteiger partial charge in [0.2, 0.25) is 11.8 Å². The SMILES string of the molecule is CCCC(NC(=O)Cc1cc(F)cc(F)c1)C(=O)Nc1nc(-c2ccccc2)c(C(=O)N2CCCCC2)s1. The molecule has 0 radical (unpaired) electrons. The fraction of sp³-hybridized carbons (Fsp3) is 0.357. The van der Waals surface area contributed by atoms with Gasteiger partial charge in [-0.05, 0) is 43.4 Å². The number of carbonyl (C=O) groups excluding carboxylic acids is 3. The molecular weight excluding hydrogens is 510 g/mol. The summed E-state index contributed by atoms with van der Waals surface area (Å²) in [6.45, 7) is 3.25. The van der Waals surface area contributed by atoms with Crippen LogP contribution in [0.3, 0.4) is 0 Å². The van der Waals surface area contributed by atoms with Crippen molar-refractivity contribution < 1.29 is 23.2 Å². The van der Waals surface area contributed by atoms with Gasteiger partial charge in [0.05, 0.1) is 12.1 Å². The molecule has 10 heteroatoms. The van der Waals surface area contributed by atoms with E-state index in [1.807, 2.05) is 42.2 Å². The summed E-state index contributed by atoms with van der Waals surface area (Å²) >= 11 is 1.11. The number of piperidine rings is 1. The maximum Gasteiger partial charge on any atom is 0.266 e. The zero-order valence-electron chi connectivity index (χ0n) is 21.1. The number of hydrogen-bond donors (Lipinski definition) is 2. The Labute approximate surface area is 224 Å². The molecule has 2 heterocycles. The number of halogens is 2. The summed E-state index contributed by atoms with van der Waals surface area (Å²) in [7, 11) is 0. The largest absolute Gasteiger partial charge is 0.344 e. The molecule has 1 aromatic heterocycles. The van der Waals surface area contributed by atoms with Crippen molar-refractivity contribution in [2.75, 3.05) is 18.4 Å². The van der Waals surface area contributed by atoms with Gasteiger partial charge in [-0.3, -0.25) is 14.4 Å². The zero-order valence-corrected chi connectivity index (χ0v) is 22.0. The normalized spacial score (nSPS) is 14.1. The van der Waals surface area contributed by atoms with E-state index in [2.05, 4.69) is 15.6 Å². The molecule has 7 nitrogen and oxygen atoms in total. The van der Waals surface area contributed by atoms with E-state index in [4.69, 9.17) is 0 Å². The van der Waals surface area contributed by atoms with Gasteiger partial charge >= 0.3 is 0 Å². The third kappa shape index (κ3) is 7.00. The van der Waals surface area contributed by atoms with Crippen LogP contribution < -0.4 is 10.6 Å². The summed E-state index contributed by atoms with van der Waals surface area (Å²) in [6, 6.07) is 11.3. The van der Waals surface area contributed by atoms with Crippen molar-refractivity contribution in [3.63, 3.8) is 0 Å². The van der Waals surface area contributed by atoms with E-state index in [1.54, 1.807) is 0 Å². The molecule has 38 heavy (non-hydrogen) atoms.